The van der Waals surface area contributed by atoms with Gasteiger partial charge in [0.25, 0.3) is 5.91 Å². The molecule has 3 rings (SSSR count). The summed E-state index contributed by atoms with van der Waals surface area (Å²) in [6.45, 7) is 7.06. The maximum atomic E-state index is 12.8. The SMILES string of the molecule is Cc1ccc(-c2nc(C(=O)NCc3cc(CC(OC(C)C)C(=O)OOC(=O)C(F)(F)F)ccn3)c(C)s2)cc1. The Morgan fingerprint density at radius 2 is 1.74 bits per heavy atom. The monoisotopic (exact) mass is 565 g/mol. The maximum Gasteiger partial charge on any atom is 0.495 e. The molecule has 208 valence electrons. The number of halogens is 3. The van der Waals surface area contributed by atoms with Crippen LogP contribution >= 0.6 is 11.3 Å². The van der Waals surface area contributed by atoms with Crippen molar-refractivity contribution in [3.63, 3.8) is 0 Å². The van der Waals surface area contributed by atoms with Gasteiger partial charge in [-0.2, -0.15) is 13.2 Å². The highest BCUT2D eigenvalue weighted by Crippen LogP contribution is 2.28. The molecular formula is C26H26F3N3O6S. The molecule has 1 unspecified atom stereocenters. The van der Waals surface area contributed by atoms with Gasteiger partial charge in [0, 0.05) is 23.1 Å². The predicted octanol–water partition coefficient (Wildman–Crippen LogP) is 4.65. The molecule has 1 N–H and O–H groups in total. The van der Waals surface area contributed by atoms with Crippen LogP contribution in [0.5, 0.6) is 0 Å². The molecule has 0 bridgehead atoms. The third-order valence-corrected chi connectivity index (χ3v) is 6.19. The number of hydrogen-bond acceptors (Lipinski definition) is 9. The van der Waals surface area contributed by atoms with Crippen LogP contribution in [0.2, 0.25) is 0 Å². The lowest BCUT2D eigenvalue weighted by Gasteiger charge is -2.18. The van der Waals surface area contributed by atoms with Gasteiger partial charge < -0.3 is 10.1 Å². The lowest BCUT2D eigenvalue weighted by atomic mass is 10.1. The van der Waals surface area contributed by atoms with Crippen LogP contribution in [-0.4, -0.2) is 46.2 Å². The number of thiazole rings is 1. The smallest absolute Gasteiger partial charge is 0.363 e. The first-order valence-electron chi connectivity index (χ1n) is 11.7. The Labute approximate surface area is 226 Å². The lowest BCUT2D eigenvalue weighted by molar-refractivity contribution is -0.290. The van der Waals surface area contributed by atoms with Gasteiger partial charge in [-0.05, 0) is 45.4 Å². The summed E-state index contributed by atoms with van der Waals surface area (Å²) < 4.78 is 42.4. The quantitative estimate of drug-likeness (QED) is 0.294. The summed E-state index contributed by atoms with van der Waals surface area (Å²) >= 11 is 1.41. The van der Waals surface area contributed by atoms with Crippen LogP contribution in [0, 0.1) is 13.8 Å². The largest absolute Gasteiger partial charge is 0.495 e. The number of amides is 1. The zero-order chi connectivity index (χ0) is 28.7. The molecule has 3 aromatic rings. The second kappa shape index (κ2) is 12.8. The van der Waals surface area contributed by atoms with Gasteiger partial charge in [0.05, 0.1) is 18.3 Å². The zero-order valence-electron chi connectivity index (χ0n) is 21.5. The summed E-state index contributed by atoms with van der Waals surface area (Å²) in [5.74, 6) is -4.36. The molecule has 1 atom stereocenters. The summed E-state index contributed by atoms with van der Waals surface area (Å²) in [6.07, 6.45) is -5.85. The standard InChI is InChI=1S/C26H26F3N3O6S/c1-14(2)36-20(24(34)37-38-25(35)26(27,28)29)12-17-9-10-30-19(11-17)13-31-22(33)21-16(4)39-23(32-21)18-7-5-15(3)6-8-18/h5-11,14,20H,12-13H2,1-4H3,(H,31,33). The van der Waals surface area contributed by atoms with E-state index in [1.165, 1.54) is 17.5 Å². The van der Waals surface area contributed by atoms with Crippen LogP contribution in [0.4, 0.5) is 13.2 Å². The number of aryl methyl sites for hydroxylation is 2. The molecule has 0 saturated carbocycles. The van der Waals surface area contributed by atoms with Crippen LogP contribution in [-0.2, 0) is 37.1 Å². The molecule has 0 aliphatic carbocycles. The molecule has 2 heterocycles. The molecule has 9 nitrogen and oxygen atoms in total. The third kappa shape index (κ3) is 8.58. The van der Waals surface area contributed by atoms with Crippen LogP contribution in [0.15, 0.2) is 42.6 Å². The summed E-state index contributed by atoms with van der Waals surface area (Å²) in [7, 11) is 0. The van der Waals surface area contributed by atoms with E-state index >= 15 is 0 Å². The van der Waals surface area contributed by atoms with Crippen LogP contribution in [0.25, 0.3) is 10.6 Å². The highest BCUT2D eigenvalue weighted by molar-refractivity contribution is 7.15. The van der Waals surface area contributed by atoms with Crippen LogP contribution < -0.4 is 5.32 Å². The Balaban J connectivity index is 1.64. The molecule has 0 aliphatic heterocycles. The first-order chi connectivity index (χ1) is 18.3. The van der Waals surface area contributed by atoms with Crippen molar-refractivity contribution in [2.75, 3.05) is 0 Å². The van der Waals surface area contributed by atoms with E-state index in [0.29, 0.717) is 17.0 Å². The number of hydrogen-bond donors (Lipinski definition) is 1. The van der Waals surface area contributed by atoms with Gasteiger partial charge in [0.15, 0.2) is 6.10 Å². The Kier molecular flexibility index (Phi) is 9.76. The van der Waals surface area contributed by atoms with Gasteiger partial charge in [-0.3, -0.25) is 9.78 Å². The maximum absolute atomic E-state index is 12.8. The second-order valence-electron chi connectivity index (χ2n) is 8.78. The minimum atomic E-state index is -5.32. The minimum Gasteiger partial charge on any atom is -0.363 e. The van der Waals surface area contributed by atoms with E-state index in [1.54, 1.807) is 26.0 Å². The fourth-order valence-corrected chi connectivity index (χ4v) is 4.26. The third-order valence-electron chi connectivity index (χ3n) is 5.17. The second-order valence-corrected chi connectivity index (χ2v) is 9.98. The van der Waals surface area contributed by atoms with Gasteiger partial charge >= 0.3 is 18.1 Å². The Morgan fingerprint density at radius 1 is 1.05 bits per heavy atom. The van der Waals surface area contributed by atoms with E-state index in [2.05, 4.69) is 25.1 Å². The summed E-state index contributed by atoms with van der Waals surface area (Å²) in [6, 6.07) is 11.0. The predicted molar refractivity (Wildman–Crippen MR) is 134 cm³/mol. The molecule has 0 spiro atoms. The highest BCUT2D eigenvalue weighted by Gasteiger charge is 2.43. The number of aromatic nitrogens is 2. The summed E-state index contributed by atoms with van der Waals surface area (Å²) in [4.78, 5) is 53.0. The van der Waals surface area contributed by atoms with E-state index in [9.17, 15) is 27.6 Å². The van der Waals surface area contributed by atoms with Crippen LogP contribution in [0.1, 0.15) is 46.0 Å². The van der Waals surface area contributed by atoms with Crippen molar-refractivity contribution in [2.45, 2.75) is 59.0 Å². The zero-order valence-corrected chi connectivity index (χ0v) is 22.3. The Morgan fingerprint density at radius 3 is 2.38 bits per heavy atom. The van der Waals surface area contributed by atoms with E-state index < -0.39 is 30.3 Å². The van der Waals surface area contributed by atoms with Gasteiger partial charge in [0.2, 0.25) is 0 Å². The van der Waals surface area contributed by atoms with E-state index in [1.807, 2.05) is 38.1 Å². The average Bonchev–Trinajstić information content (AvgIpc) is 3.26. The number of benzene rings is 1. The van der Waals surface area contributed by atoms with Crippen molar-refractivity contribution >= 4 is 29.2 Å². The van der Waals surface area contributed by atoms with Crippen molar-refractivity contribution in [3.8, 4) is 10.6 Å². The number of nitrogens with zero attached hydrogens (tertiary/aromatic N) is 2. The molecule has 0 radical (unpaired) electrons. The molecule has 2 aromatic heterocycles. The minimum absolute atomic E-state index is 0.0485. The Bertz CT molecular complexity index is 1330. The van der Waals surface area contributed by atoms with Gasteiger partial charge in [-0.15, -0.1) is 11.3 Å². The lowest BCUT2D eigenvalue weighted by Crippen LogP contribution is -2.34. The van der Waals surface area contributed by atoms with E-state index in [-0.39, 0.29) is 18.9 Å². The molecule has 13 heteroatoms. The summed E-state index contributed by atoms with van der Waals surface area (Å²) in [5, 5.41) is 3.49. The molecule has 1 aromatic carbocycles. The van der Waals surface area contributed by atoms with Gasteiger partial charge in [-0.1, -0.05) is 29.8 Å². The topological polar surface area (TPSA) is 117 Å². The van der Waals surface area contributed by atoms with Crippen molar-refractivity contribution < 1.29 is 42.1 Å². The number of pyridine rings is 1. The average molecular weight is 566 g/mol. The van der Waals surface area contributed by atoms with Gasteiger partial charge in [-0.25, -0.2) is 24.3 Å². The summed E-state index contributed by atoms with van der Waals surface area (Å²) in [5.41, 5.74) is 3.29. The normalized spacial score (nSPS) is 12.2. The van der Waals surface area contributed by atoms with Gasteiger partial charge in [0.1, 0.15) is 10.7 Å². The number of ether oxygens (including phenoxy) is 1. The molecule has 0 saturated heterocycles. The fraction of sp³-hybridized carbons (Fsp3) is 0.346. The van der Waals surface area contributed by atoms with Crippen molar-refractivity contribution in [2.24, 2.45) is 0 Å². The van der Waals surface area contributed by atoms with Crippen molar-refractivity contribution in [3.05, 3.63) is 70.0 Å². The molecule has 39 heavy (non-hydrogen) atoms. The molecular weight excluding hydrogens is 539 g/mol. The van der Waals surface area contributed by atoms with Crippen molar-refractivity contribution in [1.29, 1.82) is 0 Å². The number of carbonyl (C=O) groups is 3. The highest BCUT2D eigenvalue weighted by atomic mass is 32.1. The Hall–Kier alpha value is -3.84. The fourth-order valence-electron chi connectivity index (χ4n) is 3.34. The van der Waals surface area contributed by atoms with E-state index in [0.717, 1.165) is 21.0 Å². The van der Waals surface area contributed by atoms with Crippen molar-refractivity contribution in [1.82, 2.24) is 15.3 Å². The van der Waals surface area contributed by atoms with E-state index in [4.69, 9.17) is 4.74 Å². The van der Waals surface area contributed by atoms with Crippen LogP contribution in [0.3, 0.4) is 0 Å². The number of carbonyl (C=O) groups excluding carboxylic acids is 3. The molecule has 0 aliphatic rings. The number of alkyl halides is 3. The first-order valence-corrected chi connectivity index (χ1v) is 12.6. The number of nitrogens with one attached hydrogen (secondary N) is 1. The number of rotatable bonds is 9. The molecule has 0 fully saturated rings. The first kappa shape index (κ1) is 29.7. The molecule has 1 amide bonds.